The Morgan fingerprint density at radius 1 is 1.27 bits per heavy atom. The first-order chi connectivity index (χ1) is 15.7. The van der Waals surface area contributed by atoms with Crippen molar-refractivity contribution in [2.24, 2.45) is 0 Å². The Bertz CT molecular complexity index is 1160. The van der Waals surface area contributed by atoms with Gasteiger partial charge < -0.3 is 19.1 Å². The van der Waals surface area contributed by atoms with E-state index in [4.69, 9.17) is 4.74 Å². The SMILES string of the molecule is CCCc1cc2c(N3CCn4c(nnc4C(F)(F)F)C3)nc(OCCN(C)C(C)=O)nc2s1. The largest absolute Gasteiger partial charge is 0.461 e. The summed E-state index contributed by atoms with van der Waals surface area (Å²) in [4.78, 5) is 25.8. The summed E-state index contributed by atoms with van der Waals surface area (Å²) < 4.78 is 46.4. The number of amides is 1. The van der Waals surface area contributed by atoms with Crippen LogP contribution in [0.15, 0.2) is 6.07 Å². The van der Waals surface area contributed by atoms with E-state index in [0.717, 1.165) is 32.5 Å². The molecule has 0 saturated heterocycles. The van der Waals surface area contributed by atoms with Crippen LogP contribution in [0.2, 0.25) is 0 Å². The maximum absolute atomic E-state index is 13.2. The highest BCUT2D eigenvalue weighted by molar-refractivity contribution is 7.18. The lowest BCUT2D eigenvalue weighted by Crippen LogP contribution is -2.36. The number of fused-ring (bicyclic) bond motifs is 2. The Hall–Kier alpha value is -2.96. The third kappa shape index (κ3) is 4.87. The molecule has 0 N–H and O–H groups in total. The van der Waals surface area contributed by atoms with E-state index < -0.39 is 12.0 Å². The van der Waals surface area contributed by atoms with Crippen molar-refractivity contribution in [2.45, 2.75) is 46.0 Å². The van der Waals surface area contributed by atoms with Gasteiger partial charge in [-0.15, -0.1) is 21.5 Å². The average Bonchev–Trinajstić information content (AvgIpc) is 3.36. The molecule has 178 valence electrons. The molecule has 1 amide bonds. The number of nitrogens with zero attached hydrogens (tertiary/aromatic N) is 7. The third-order valence-corrected chi connectivity index (χ3v) is 6.49. The molecule has 0 radical (unpaired) electrons. The standard InChI is InChI=1S/C20H24F3N7O2S/c1-4-5-13-10-14-16(24-19(25-17(14)33-13)32-9-8-28(3)12(2)31)29-6-7-30-15(11-29)26-27-18(30)20(21,22)23/h10H,4-9,11H2,1-3H3. The third-order valence-electron chi connectivity index (χ3n) is 5.40. The number of hydrogen-bond acceptors (Lipinski definition) is 8. The molecule has 0 bridgehead atoms. The van der Waals surface area contributed by atoms with Gasteiger partial charge in [-0.1, -0.05) is 13.3 Å². The zero-order valence-corrected chi connectivity index (χ0v) is 19.3. The Kier molecular flexibility index (Phi) is 6.41. The van der Waals surface area contributed by atoms with E-state index in [1.54, 1.807) is 18.4 Å². The van der Waals surface area contributed by atoms with Gasteiger partial charge in [0.1, 0.15) is 17.3 Å². The summed E-state index contributed by atoms with van der Waals surface area (Å²) in [6.07, 6.45) is -2.68. The van der Waals surface area contributed by atoms with E-state index in [9.17, 15) is 18.0 Å². The minimum Gasteiger partial charge on any atom is -0.461 e. The van der Waals surface area contributed by atoms with Crippen LogP contribution in [0.5, 0.6) is 6.01 Å². The summed E-state index contributed by atoms with van der Waals surface area (Å²) in [6, 6.07) is 2.20. The van der Waals surface area contributed by atoms with E-state index in [-0.39, 0.29) is 37.4 Å². The second-order valence-electron chi connectivity index (χ2n) is 7.81. The first-order valence-electron chi connectivity index (χ1n) is 10.6. The molecule has 4 rings (SSSR count). The normalized spacial score (nSPS) is 13.9. The number of alkyl halides is 3. The van der Waals surface area contributed by atoms with E-state index in [0.29, 0.717) is 18.9 Å². The van der Waals surface area contributed by atoms with Crippen molar-refractivity contribution in [1.29, 1.82) is 0 Å². The highest BCUT2D eigenvalue weighted by atomic mass is 32.1. The maximum atomic E-state index is 13.2. The molecule has 0 aromatic carbocycles. The van der Waals surface area contributed by atoms with Gasteiger partial charge in [-0.3, -0.25) is 4.79 Å². The number of anilines is 1. The van der Waals surface area contributed by atoms with Crippen molar-refractivity contribution in [3.63, 3.8) is 0 Å². The van der Waals surface area contributed by atoms with Gasteiger partial charge in [-0.25, -0.2) is 0 Å². The van der Waals surface area contributed by atoms with Crippen LogP contribution in [0, 0.1) is 0 Å². The molecule has 3 aromatic rings. The lowest BCUT2D eigenvalue weighted by molar-refractivity contribution is -0.147. The van der Waals surface area contributed by atoms with Crippen molar-refractivity contribution >= 4 is 33.3 Å². The van der Waals surface area contributed by atoms with Gasteiger partial charge in [-0.2, -0.15) is 23.1 Å². The Labute approximate surface area is 192 Å². The molecule has 1 aliphatic heterocycles. The fraction of sp³-hybridized carbons (Fsp3) is 0.550. The van der Waals surface area contributed by atoms with Crippen molar-refractivity contribution in [1.82, 2.24) is 29.6 Å². The molecule has 3 aromatic heterocycles. The van der Waals surface area contributed by atoms with Gasteiger partial charge in [0.15, 0.2) is 5.82 Å². The minimum atomic E-state index is -4.55. The van der Waals surface area contributed by atoms with E-state index in [1.165, 1.54) is 11.8 Å². The summed E-state index contributed by atoms with van der Waals surface area (Å²) in [6.45, 7) is 4.70. The molecular weight excluding hydrogens is 459 g/mol. The minimum absolute atomic E-state index is 0.0752. The van der Waals surface area contributed by atoms with Crippen molar-refractivity contribution in [2.75, 3.05) is 31.6 Å². The van der Waals surface area contributed by atoms with Gasteiger partial charge in [0.2, 0.25) is 11.7 Å². The van der Waals surface area contributed by atoms with Crippen molar-refractivity contribution in [3.8, 4) is 6.01 Å². The number of likely N-dealkylation sites (N-methyl/N-ethyl adjacent to an activating group) is 1. The Balaban J connectivity index is 1.64. The lowest BCUT2D eigenvalue weighted by Gasteiger charge is -2.29. The Morgan fingerprint density at radius 3 is 2.76 bits per heavy atom. The molecule has 0 aliphatic carbocycles. The molecule has 0 spiro atoms. The molecule has 4 heterocycles. The number of hydrogen-bond donors (Lipinski definition) is 0. The number of aromatic nitrogens is 5. The summed E-state index contributed by atoms with van der Waals surface area (Å²) in [5.74, 6) is -0.232. The van der Waals surface area contributed by atoms with Crippen LogP contribution in [-0.2, 0) is 30.5 Å². The highest BCUT2D eigenvalue weighted by Gasteiger charge is 2.39. The van der Waals surface area contributed by atoms with Crippen LogP contribution >= 0.6 is 11.3 Å². The van der Waals surface area contributed by atoms with Crippen LogP contribution < -0.4 is 9.64 Å². The second kappa shape index (κ2) is 9.12. The summed E-state index contributed by atoms with van der Waals surface area (Å²) in [7, 11) is 1.68. The van der Waals surface area contributed by atoms with Gasteiger partial charge in [0, 0.05) is 31.9 Å². The van der Waals surface area contributed by atoms with Crippen LogP contribution in [0.25, 0.3) is 10.2 Å². The molecule has 0 unspecified atom stereocenters. The topological polar surface area (TPSA) is 89.3 Å². The summed E-state index contributed by atoms with van der Waals surface area (Å²) in [5.41, 5.74) is 0. The molecule has 0 atom stereocenters. The number of aryl methyl sites for hydroxylation is 1. The van der Waals surface area contributed by atoms with Crippen molar-refractivity contribution in [3.05, 3.63) is 22.6 Å². The summed E-state index contributed by atoms with van der Waals surface area (Å²) >= 11 is 1.55. The van der Waals surface area contributed by atoms with Gasteiger partial charge in [0.25, 0.3) is 0 Å². The van der Waals surface area contributed by atoms with Crippen LogP contribution in [0.1, 0.15) is 36.8 Å². The average molecular weight is 484 g/mol. The lowest BCUT2D eigenvalue weighted by atomic mass is 10.2. The highest BCUT2D eigenvalue weighted by Crippen LogP contribution is 2.35. The van der Waals surface area contributed by atoms with E-state index in [2.05, 4.69) is 27.1 Å². The quantitative estimate of drug-likeness (QED) is 0.510. The van der Waals surface area contributed by atoms with Crippen LogP contribution in [0.4, 0.5) is 19.0 Å². The molecule has 13 heteroatoms. The molecule has 33 heavy (non-hydrogen) atoms. The molecule has 0 saturated carbocycles. The molecule has 0 fully saturated rings. The molecular formula is C20H24F3N7O2S. The van der Waals surface area contributed by atoms with Crippen LogP contribution in [-0.4, -0.2) is 62.3 Å². The van der Waals surface area contributed by atoms with E-state index >= 15 is 0 Å². The van der Waals surface area contributed by atoms with Gasteiger partial charge in [-0.05, 0) is 12.5 Å². The number of thiophene rings is 1. The smallest absolute Gasteiger partial charge is 0.451 e. The molecule has 9 nitrogen and oxygen atoms in total. The Morgan fingerprint density at radius 2 is 2.06 bits per heavy atom. The second-order valence-corrected chi connectivity index (χ2v) is 8.93. The van der Waals surface area contributed by atoms with Gasteiger partial charge in [0.05, 0.1) is 18.5 Å². The van der Waals surface area contributed by atoms with Crippen LogP contribution in [0.3, 0.4) is 0 Å². The fourth-order valence-electron chi connectivity index (χ4n) is 3.59. The fourth-order valence-corrected chi connectivity index (χ4v) is 4.71. The summed E-state index contributed by atoms with van der Waals surface area (Å²) in [5, 5.41) is 7.95. The first kappa shape index (κ1) is 23.2. The number of carbonyl (C=O) groups excluding carboxylic acids is 1. The predicted molar refractivity (Wildman–Crippen MR) is 116 cm³/mol. The molecule has 1 aliphatic rings. The monoisotopic (exact) mass is 483 g/mol. The van der Waals surface area contributed by atoms with Crippen molar-refractivity contribution < 1.29 is 22.7 Å². The number of ether oxygens (including phenoxy) is 1. The van der Waals surface area contributed by atoms with E-state index in [1.807, 2.05) is 11.0 Å². The predicted octanol–water partition coefficient (Wildman–Crippen LogP) is 3.13. The first-order valence-corrected chi connectivity index (χ1v) is 11.4. The zero-order chi connectivity index (χ0) is 23.8. The van der Waals surface area contributed by atoms with Gasteiger partial charge >= 0.3 is 12.2 Å². The zero-order valence-electron chi connectivity index (χ0n) is 18.5. The number of rotatable bonds is 7. The number of halogens is 3. The maximum Gasteiger partial charge on any atom is 0.451 e. The number of carbonyl (C=O) groups is 1.